The first-order chi connectivity index (χ1) is 11.6. The van der Waals surface area contributed by atoms with E-state index in [1.807, 2.05) is 43.0 Å². The quantitative estimate of drug-likeness (QED) is 0.758. The van der Waals surface area contributed by atoms with Gasteiger partial charge in [0.25, 0.3) is 5.91 Å². The van der Waals surface area contributed by atoms with E-state index >= 15 is 0 Å². The number of carbonyl (C=O) groups is 1. The van der Waals surface area contributed by atoms with Gasteiger partial charge in [0.05, 0.1) is 11.4 Å². The number of H-pyrrole nitrogens is 1. The van der Waals surface area contributed by atoms with E-state index in [4.69, 9.17) is 0 Å². The van der Waals surface area contributed by atoms with Gasteiger partial charge < -0.3 is 9.88 Å². The summed E-state index contributed by atoms with van der Waals surface area (Å²) in [4.78, 5) is 16.9. The maximum absolute atomic E-state index is 12.2. The predicted octanol–water partition coefficient (Wildman–Crippen LogP) is 3.12. The Bertz CT molecular complexity index is 790. The molecule has 1 N–H and O–H groups in total. The van der Waals surface area contributed by atoms with Crippen LogP contribution in [0.1, 0.15) is 22.6 Å². The van der Waals surface area contributed by atoms with Gasteiger partial charge in [0.15, 0.2) is 0 Å². The van der Waals surface area contributed by atoms with Gasteiger partial charge in [0, 0.05) is 26.8 Å². The average Bonchev–Trinajstić information content (AvgIpc) is 3.25. The molecular formula is C19H22N4O. The molecule has 1 amide bonds. The minimum Gasteiger partial charge on any atom is -0.357 e. The molecule has 0 saturated heterocycles. The number of benzene rings is 1. The topological polar surface area (TPSA) is 53.9 Å². The lowest BCUT2D eigenvalue weighted by molar-refractivity contribution is 0.0788. The second kappa shape index (κ2) is 7.17. The maximum atomic E-state index is 12.2. The molecule has 0 fully saturated rings. The first kappa shape index (κ1) is 16.1. The predicted molar refractivity (Wildman–Crippen MR) is 94.7 cm³/mol. The fourth-order valence-electron chi connectivity index (χ4n) is 2.80. The lowest BCUT2D eigenvalue weighted by Gasteiger charge is -2.15. The van der Waals surface area contributed by atoms with E-state index in [2.05, 4.69) is 28.3 Å². The smallest absolute Gasteiger partial charge is 0.270 e. The van der Waals surface area contributed by atoms with Gasteiger partial charge in [0.1, 0.15) is 5.69 Å². The first-order valence-corrected chi connectivity index (χ1v) is 8.12. The third-order valence-corrected chi connectivity index (χ3v) is 4.10. The van der Waals surface area contributed by atoms with E-state index in [1.54, 1.807) is 17.2 Å². The monoisotopic (exact) mass is 322 g/mol. The van der Waals surface area contributed by atoms with Crippen LogP contribution < -0.4 is 0 Å². The molecule has 3 rings (SSSR count). The van der Waals surface area contributed by atoms with E-state index in [-0.39, 0.29) is 5.91 Å². The number of aromatic amines is 1. The summed E-state index contributed by atoms with van der Waals surface area (Å²) in [5.74, 6) is 0.0194. The highest BCUT2D eigenvalue weighted by Crippen LogP contribution is 2.20. The van der Waals surface area contributed by atoms with Crippen LogP contribution in [0.2, 0.25) is 0 Å². The maximum Gasteiger partial charge on any atom is 0.270 e. The molecule has 0 aliphatic carbocycles. The minimum atomic E-state index is 0.0194. The van der Waals surface area contributed by atoms with Crippen molar-refractivity contribution in [3.63, 3.8) is 0 Å². The van der Waals surface area contributed by atoms with Crippen molar-refractivity contribution >= 4 is 5.91 Å². The molecule has 0 radical (unpaired) electrons. The van der Waals surface area contributed by atoms with E-state index in [0.29, 0.717) is 12.2 Å². The van der Waals surface area contributed by atoms with Crippen LogP contribution in [0, 0.1) is 0 Å². The van der Waals surface area contributed by atoms with Gasteiger partial charge in [-0.3, -0.25) is 9.48 Å². The Hall–Kier alpha value is -2.82. The highest BCUT2D eigenvalue weighted by atomic mass is 16.2. The normalized spacial score (nSPS) is 10.8. The van der Waals surface area contributed by atoms with Crippen LogP contribution in [-0.2, 0) is 13.5 Å². The number of carbonyl (C=O) groups excluding carboxylic acids is 1. The minimum absolute atomic E-state index is 0.0194. The van der Waals surface area contributed by atoms with Gasteiger partial charge in [-0.2, -0.15) is 5.10 Å². The van der Waals surface area contributed by atoms with Crippen molar-refractivity contribution in [3.8, 4) is 11.3 Å². The molecule has 0 saturated carbocycles. The summed E-state index contributed by atoms with van der Waals surface area (Å²) >= 11 is 0. The average molecular weight is 322 g/mol. The fraction of sp³-hybridized carbons (Fsp3) is 0.263. The molecule has 0 unspecified atom stereocenters. The number of hydrogen-bond acceptors (Lipinski definition) is 2. The molecule has 2 heterocycles. The fourth-order valence-corrected chi connectivity index (χ4v) is 2.80. The zero-order valence-corrected chi connectivity index (χ0v) is 14.1. The number of rotatable bonds is 6. The van der Waals surface area contributed by atoms with Crippen LogP contribution in [0.4, 0.5) is 0 Å². The van der Waals surface area contributed by atoms with Crippen molar-refractivity contribution in [2.45, 2.75) is 12.8 Å². The molecule has 124 valence electrons. The molecule has 0 aliphatic rings. The number of aromatic nitrogens is 3. The molecule has 0 atom stereocenters. The lowest BCUT2D eigenvalue weighted by atomic mass is 10.1. The van der Waals surface area contributed by atoms with Crippen molar-refractivity contribution in [1.29, 1.82) is 0 Å². The van der Waals surface area contributed by atoms with Crippen molar-refractivity contribution < 1.29 is 4.79 Å². The van der Waals surface area contributed by atoms with Crippen LogP contribution in [0.5, 0.6) is 0 Å². The third-order valence-electron chi connectivity index (χ3n) is 4.10. The zero-order valence-electron chi connectivity index (χ0n) is 14.1. The van der Waals surface area contributed by atoms with Gasteiger partial charge in [-0.05, 0) is 36.6 Å². The summed E-state index contributed by atoms with van der Waals surface area (Å²) in [5.41, 5.74) is 3.96. The van der Waals surface area contributed by atoms with Gasteiger partial charge >= 0.3 is 0 Å². The Morgan fingerprint density at radius 1 is 1.21 bits per heavy atom. The number of hydrogen-bond donors (Lipinski definition) is 1. The van der Waals surface area contributed by atoms with Crippen LogP contribution in [0.15, 0.2) is 54.7 Å². The Kier molecular flexibility index (Phi) is 4.79. The summed E-state index contributed by atoms with van der Waals surface area (Å²) in [6, 6.07) is 16.0. The highest BCUT2D eigenvalue weighted by Gasteiger charge is 2.12. The highest BCUT2D eigenvalue weighted by molar-refractivity contribution is 5.92. The largest absolute Gasteiger partial charge is 0.357 e. The molecule has 5 nitrogen and oxygen atoms in total. The van der Waals surface area contributed by atoms with Crippen molar-refractivity contribution in [3.05, 3.63) is 66.1 Å². The number of aryl methyl sites for hydroxylation is 2. The molecular weight excluding hydrogens is 300 g/mol. The van der Waals surface area contributed by atoms with Crippen LogP contribution in [-0.4, -0.2) is 39.2 Å². The summed E-state index contributed by atoms with van der Waals surface area (Å²) < 4.78 is 1.92. The van der Waals surface area contributed by atoms with E-state index < -0.39 is 0 Å². The zero-order chi connectivity index (χ0) is 16.9. The Morgan fingerprint density at radius 3 is 2.71 bits per heavy atom. The molecule has 2 aromatic heterocycles. The van der Waals surface area contributed by atoms with Crippen molar-refractivity contribution in [1.82, 2.24) is 19.7 Å². The molecule has 3 aromatic rings. The van der Waals surface area contributed by atoms with Crippen molar-refractivity contribution in [2.75, 3.05) is 13.6 Å². The number of nitrogens with zero attached hydrogens (tertiary/aromatic N) is 3. The Balaban J connectivity index is 1.57. The molecule has 24 heavy (non-hydrogen) atoms. The third kappa shape index (κ3) is 3.56. The Morgan fingerprint density at radius 2 is 2.00 bits per heavy atom. The van der Waals surface area contributed by atoms with Crippen molar-refractivity contribution in [2.24, 2.45) is 7.05 Å². The number of nitrogens with one attached hydrogen (secondary N) is 1. The summed E-state index contributed by atoms with van der Waals surface area (Å²) in [6.07, 6.45) is 3.50. The van der Waals surface area contributed by atoms with Crippen LogP contribution >= 0.6 is 0 Å². The van der Waals surface area contributed by atoms with E-state index in [9.17, 15) is 4.79 Å². The summed E-state index contributed by atoms with van der Waals surface area (Å²) in [7, 11) is 3.80. The SMILES string of the molecule is CN(CCCc1cc(-c2ccccc2)n(C)n1)C(=O)c1ccc[nH]1. The molecule has 1 aromatic carbocycles. The van der Waals surface area contributed by atoms with Crippen LogP contribution in [0.3, 0.4) is 0 Å². The number of amides is 1. The summed E-state index contributed by atoms with van der Waals surface area (Å²) in [6.45, 7) is 0.703. The standard InChI is InChI=1S/C19H22N4O/c1-22(19(24)17-11-6-12-20-17)13-7-10-16-14-18(23(2)21-16)15-8-4-3-5-9-15/h3-6,8-9,11-12,14,20H,7,10,13H2,1-2H3. The Labute approximate surface area is 141 Å². The lowest BCUT2D eigenvalue weighted by Crippen LogP contribution is -2.28. The van der Waals surface area contributed by atoms with Gasteiger partial charge in [-0.1, -0.05) is 30.3 Å². The second-order valence-electron chi connectivity index (χ2n) is 5.92. The van der Waals surface area contributed by atoms with Gasteiger partial charge in [-0.25, -0.2) is 0 Å². The van der Waals surface area contributed by atoms with Crippen LogP contribution in [0.25, 0.3) is 11.3 Å². The molecule has 0 spiro atoms. The van der Waals surface area contributed by atoms with E-state index in [1.165, 1.54) is 0 Å². The van der Waals surface area contributed by atoms with Gasteiger partial charge in [-0.15, -0.1) is 0 Å². The van der Waals surface area contributed by atoms with E-state index in [0.717, 1.165) is 29.8 Å². The molecule has 0 bridgehead atoms. The molecule has 0 aliphatic heterocycles. The summed E-state index contributed by atoms with van der Waals surface area (Å²) in [5, 5.41) is 4.59. The van der Waals surface area contributed by atoms with Gasteiger partial charge in [0.2, 0.25) is 0 Å². The molecule has 5 heteroatoms. The second-order valence-corrected chi connectivity index (χ2v) is 5.92. The first-order valence-electron chi connectivity index (χ1n) is 8.12.